The van der Waals surface area contributed by atoms with E-state index in [9.17, 15) is 38.4 Å². The fourth-order valence-electron chi connectivity index (χ4n) is 13.1. The molecule has 133 heavy (non-hydrogen) atoms. The van der Waals surface area contributed by atoms with Gasteiger partial charge in [-0.3, -0.25) is 77.6 Å². The molecule has 0 bridgehead atoms. The van der Waals surface area contributed by atoms with Crippen molar-refractivity contribution in [3.63, 3.8) is 0 Å². The standard InChI is InChI=1S/C81H124N8O28S16/c1-57(69(94)86-13-41-130-77(86)122)110-29-27-104-47-63(116-35-33-112-59(3)71(96)88-15-43-132-79(88)124)51-108-55-81(53-106-49-61(114-31-25-100-19-7-67(92)84-11-39-128-75(84)120)45-102-23-21-98-17-5-65(90)82-9-37-126-73(82)118,54-107-50-62(115-32-26-101-20-8-68(93)85-12-40-129-76(85)121)46-103-24-22-99-18-6-66(91)83-10-38-127-74(83)119)56-109-52-64(117-36-34-113-60(4)72(97)89-16-44-133-80(89)125)48-105-28-30-111-58(2)70(95)87-14-42-131-78(87)123/h57-64H,5-56H2,1-4H3. The van der Waals surface area contributed by atoms with E-state index in [4.69, 9.17) is 192 Å². The van der Waals surface area contributed by atoms with Crippen molar-refractivity contribution in [2.75, 3.05) is 310 Å². The Labute approximate surface area is 855 Å². The summed E-state index contributed by atoms with van der Waals surface area (Å²) in [5.41, 5.74) is -1.32. The molecule has 8 rings (SSSR count). The molecule has 752 valence electrons. The number of amides is 8. The number of hydrogen-bond donors (Lipinski definition) is 0. The van der Waals surface area contributed by atoms with Crippen LogP contribution in [0, 0.1) is 5.41 Å². The van der Waals surface area contributed by atoms with Crippen molar-refractivity contribution in [2.45, 2.75) is 102 Å². The predicted molar refractivity (Wildman–Crippen MR) is 545 cm³/mol. The van der Waals surface area contributed by atoms with Crippen molar-refractivity contribution in [2.24, 2.45) is 5.41 Å². The third-order valence-electron chi connectivity index (χ3n) is 20.4. The molecule has 0 aromatic rings. The zero-order chi connectivity index (χ0) is 95.5. The lowest BCUT2D eigenvalue weighted by Gasteiger charge is -2.35. The van der Waals surface area contributed by atoms with E-state index in [1.54, 1.807) is 47.3 Å². The Balaban J connectivity index is 1.06. The average Bonchev–Trinajstić information content (AvgIpc) is 1.47. The van der Waals surface area contributed by atoms with Crippen molar-refractivity contribution in [3.05, 3.63) is 0 Å². The van der Waals surface area contributed by atoms with Gasteiger partial charge in [0.05, 0.1) is 243 Å². The van der Waals surface area contributed by atoms with Crippen LogP contribution in [0.2, 0.25) is 0 Å². The van der Waals surface area contributed by atoms with E-state index in [0.29, 0.717) is 110 Å². The first-order valence-electron chi connectivity index (χ1n) is 44.0. The van der Waals surface area contributed by atoms with Crippen molar-refractivity contribution in [1.29, 1.82) is 0 Å². The summed E-state index contributed by atoms with van der Waals surface area (Å²) in [6, 6.07) is 0. The minimum Gasteiger partial charge on any atom is -0.379 e. The second-order valence-electron chi connectivity index (χ2n) is 30.4. The summed E-state index contributed by atoms with van der Waals surface area (Å²) >= 11 is 54.9. The number of thiocarbonyl (C=S) groups is 8. The van der Waals surface area contributed by atoms with E-state index in [0.717, 1.165) is 23.0 Å². The van der Waals surface area contributed by atoms with Crippen LogP contribution in [0.25, 0.3) is 0 Å². The van der Waals surface area contributed by atoms with Crippen molar-refractivity contribution in [1.82, 2.24) is 39.2 Å². The van der Waals surface area contributed by atoms with E-state index in [1.165, 1.54) is 114 Å². The van der Waals surface area contributed by atoms with Gasteiger partial charge in [-0.2, -0.15) is 0 Å². The molecule has 0 aromatic carbocycles. The molecule has 8 atom stereocenters. The van der Waals surface area contributed by atoms with Crippen molar-refractivity contribution >= 4 is 274 Å². The zero-order valence-corrected chi connectivity index (χ0v) is 88.5. The molecule has 52 heteroatoms. The van der Waals surface area contributed by atoms with Gasteiger partial charge < -0.3 is 94.7 Å². The van der Waals surface area contributed by atoms with Crippen LogP contribution in [-0.4, -0.2) is 480 Å². The van der Waals surface area contributed by atoms with E-state index in [1.807, 2.05) is 0 Å². The first-order chi connectivity index (χ1) is 64.3. The van der Waals surface area contributed by atoms with Crippen LogP contribution in [0.15, 0.2) is 0 Å². The van der Waals surface area contributed by atoms with Gasteiger partial charge in [-0.15, -0.1) is 0 Å². The highest BCUT2D eigenvalue weighted by Gasteiger charge is 2.38. The number of carbonyl (C=O) groups excluding carboxylic acids is 8. The van der Waals surface area contributed by atoms with Crippen LogP contribution >= 0.6 is 192 Å². The van der Waals surface area contributed by atoms with Gasteiger partial charge in [0.15, 0.2) is 0 Å². The molecular formula is C81H124N8O28S16. The Kier molecular flexibility index (Phi) is 58.9. The predicted octanol–water partition coefficient (Wildman–Crippen LogP) is 5.78. The fourth-order valence-corrected chi connectivity index (χ4v) is 23.0. The maximum atomic E-state index is 13.5. The van der Waals surface area contributed by atoms with Gasteiger partial charge in [-0.1, -0.05) is 192 Å². The number of nitrogens with zero attached hydrogens (tertiary/aromatic N) is 8. The van der Waals surface area contributed by atoms with Crippen LogP contribution in [-0.2, 0) is 133 Å². The number of thioether (sulfide) groups is 8. The molecule has 8 aliphatic heterocycles. The molecule has 8 unspecified atom stereocenters. The number of carbonyl (C=O) groups is 8. The van der Waals surface area contributed by atoms with Crippen LogP contribution in [0.4, 0.5) is 0 Å². The highest BCUT2D eigenvalue weighted by Crippen LogP contribution is 2.28. The van der Waals surface area contributed by atoms with Gasteiger partial charge in [0, 0.05) is 98.4 Å². The summed E-state index contributed by atoms with van der Waals surface area (Å²) in [6.45, 7) is 10.6. The molecule has 0 aliphatic carbocycles. The van der Waals surface area contributed by atoms with Crippen molar-refractivity contribution in [3.8, 4) is 0 Å². The minimum atomic E-state index is -1.32. The van der Waals surface area contributed by atoms with Crippen LogP contribution in [0.3, 0.4) is 0 Å². The lowest BCUT2D eigenvalue weighted by atomic mass is 9.92. The normalized spacial score (nSPS) is 19.1. The van der Waals surface area contributed by atoms with Gasteiger partial charge in [-0.05, 0) is 27.7 Å². The highest BCUT2D eigenvalue weighted by molar-refractivity contribution is 8.25. The zero-order valence-electron chi connectivity index (χ0n) is 75.4. The minimum absolute atomic E-state index is 0.0142. The van der Waals surface area contributed by atoms with E-state index < -0.39 is 54.2 Å². The quantitative estimate of drug-likeness (QED) is 0.0514. The fraction of sp³-hybridized carbons (Fsp3) is 0.802. The number of hydrogen-bond acceptors (Lipinski definition) is 44. The Bertz CT molecular complexity index is 3520. The van der Waals surface area contributed by atoms with Crippen LogP contribution in [0.5, 0.6) is 0 Å². The van der Waals surface area contributed by atoms with E-state index >= 15 is 0 Å². The summed E-state index contributed by atoms with van der Waals surface area (Å²) in [6.07, 6.45) is -6.09. The Morgan fingerprint density at radius 2 is 0.398 bits per heavy atom. The molecule has 36 nitrogen and oxygen atoms in total. The summed E-state index contributed by atoms with van der Waals surface area (Å²) < 4.78 is 130. The average molecular weight is 2170 g/mol. The summed E-state index contributed by atoms with van der Waals surface area (Å²) in [5.74, 6) is 4.05. The molecule has 8 aliphatic rings. The molecule has 8 heterocycles. The van der Waals surface area contributed by atoms with Crippen molar-refractivity contribution < 1.29 is 133 Å². The SMILES string of the molecule is CC(OCCOCC(COCC(COCC(COCCOCCC(=O)N1CCSC1=S)OCCOCCC(=O)N1CCSC1=S)(COCC(COCCOCCC(=O)N1CCSC1=S)OCCOCCC(=O)N1CCSC1=S)COCC(COCCOC(C)C(=O)N1CCSC1=S)OCCOC(C)C(=O)N1CCSC1=S)OCCOC(C)C(=O)N1CCSC1=S)C(=O)N1CCSC1=S. The Morgan fingerprint density at radius 3 is 0.609 bits per heavy atom. The van der Waals surface area contributed by atoms with Gasteiger partial charge in [0.2, 0.25) is 23.6 Å². The Morgan fingerprint density at radius 1 is 0.233 bits per heavy atom. The molecule has 8 fully saturated rings. The first-order valence-corrected chi connectivity index (χ1v) is 55.1. The lowest BCUT2D eigenvalue weighted by Crippen LogP contribution is -2.45. The van der Waals surface area contributed by atoms with E-state index in [2.05, 4.69) is 0 Å². The second kappa shape index (κ2) is 67.2. The van der Waals surface area contributed by atoms with E-state index in [-0.39, 0.29) is 284 Å². The molecule has 0 N–H and O–H groups in total. The molecular weight excluding hydrogens is 2050 g/mol. The van der Waals surface area contributed by atoms with Gasteiger partial charge in [0.1, 0.15) is 83.4 Å². The largest absolute Gasteiger partial charge is 0.379 e. The monoisotopic (exact) mass is 2170 g/mol. The second-order valence-corrected chi connectivity index (χ2v) is 44.2. The third-order valence-corrected chi connectivity index (χ3v) is 31.8. The summed E-state index contributed by atoms with van der Waals surface area (Å²) in [4.78, 5) is 118. The Hall–Kier alpha value is -1.52. The maximum absolute atomic E-state index is 13.5. The smallest absolute Gasteiger partial charge is 0.256 e. The van der Waals surface area contributed by atoms with Gasteiger partial charge in [0.25, 0.3) is 23.6 Å². The summed E-state index contributed by atoms with van der Waals surface area (Å²) in [5, 5.41) is 0. The molecule has 8 amide bonds. The topological polar surface area (TPSA) is 347 Å². The maximum Gasteiger partial charge on any atom is 0.256 e. The van der Waals surface area contributed by atoms with Crippen LogP contribution in [0.1, 0.15) is 53.4 Å². The molecule has 0 saturated carbocycles. The van der Waals surface area contributed by atoms with Gasteiger partial charge in [-0.25, -0.2) is 0 Å². The number of rotatable bonds is 72. The lowest BCUT2D eigenvalue weighted by molar-refractivity contribution is -0.158. The molecule has 0 spiro atoms. The third kappa shape index (κ3) is 43.5. The van der Waals surface area contributed by atoms with Gasteiger partial charge >= 0.3 is 0 Å². The molecule has 0 aromatic heterocycles. The highest BCUT2D eigenvalue weighted by atomic mass is 32.2. The first kappa shape index (κ1) is 117. The molecule has 8 saturated heterocycles. The number of ether oxygens (including phenoxy) is 20. The molecule has 0 radical (unpaired) electrons. The summed E-state index contributed by atoms with van der Waals surface area (Å²) in [7, 11) is 0. The van der Waals surface area contributed by atoms with Crippen LogP contribution < -0.4 is 0 Å².